The van der Waals surface area contributed by atoms with Gasteiger partial charge in [-0.1, -0.05) is 84.9 Å². The third kappa shape index (κ3) is 2.30. The van der Waals surface area contributed by atoms with Gasteiger partial charge in [0.25, 0.3) is 0 Å². The molecule has 0 bridgehead atoms. The maximum absolute atomic E-state index is 2.40. The van der Waals surface area contributed by atoms with Crippen molar-refractivity contribution >= 4 is 16.3 Å². The van der Waals surface area contributed by atoms with Gasteiger partial charge in [0.05, 0.1) is 0 Å². The van der Waals surface area contributed by atoms with Gasteiger partial charge in [0.1, 0.15) is 0 Å². The minimum Gasteiger partial charge on any atom is -0.0716 e. The predicted molar refractivity (Wildman–Crippen MR) is 111 cm³/mol. The summed E-state index contributed by atoms with van der Waals surface area (Å²) in [6.07, 6.45) is 3.39. The number of hydrogen-bond acceptors (Lipinski definition) is 0. The zero-order valence-corrected chi connectivity index (χ0v) is 14.9. The van der Waals surface area contributed by atoms with E-state index in [-0.39, 0.29) is 0 Å². The van der Waals surface area contributed by atoms with E-state index in [2.05, 4.69) is 97.9 Å². The van der Waals surface area contributed by atoms with Crippen LogP contribution >= 0.6 is 0 Å². The van der Waals surface area contributed by atoms with Crippen molar-refractivity contribution in [2.75, 3.05) is 0 Å². The molecule has 26 heavy (non-hydrogen) atoms. The van der Waals surface area contributed by atoms with Gasteiger partial charge < -0.3 is 0 Å². The molecule has 0 aliphatic heterocycles. The van der Waals surface area contributed by atoms with E-state index < -0.39 is 0 Å². The van der Waals surface area contributed by atoms with Crippen molar-refractivity contribution in [3.05, 3.63) is 113 Å². The molecule has 0 nitrogen and oxygen atoms in total. The Labute approximate surface area is 154 Å². The maximum Gasteiger partial charge on any atom is -0.00237 e. The summed E-state index contributed by atoms with van der Waals surface area (Å²) in [5.41, 5.74) is 9.51. The van der Waals surface area contributed by atoms with Crippen molar-refractivity contribution in [3.8, 4) is 11.1 Å². The minimum atomic E-state index is 1.00. The smallest absolute Gasteiger partial charge is 0.00237 e. The first-order chi connectivity index (χ1) is 12.8. The summed E-state index contributed by atoms with van der Waals surface area (Å²) in [5, 5.41) is 2.71. The predicted octanol–water partition coefficient (Wildman–Crippen LogP) is 6.80. The lowest BCUT2D eigenvalue weighted by Crippen LogP contribution is -1.95. The Balaban J connectivity index is 1.88. The summed E-state index contributed by atoms with van der Waals surface area (Å²) in [5.74, 6) is 0. The van der Waals surface area contributed by atoms with Crippen LogP contribution in [0.3, 0.4) is 0 Å². The van der Waals surface area contributed by atoms with Gasteiger partial charge in [0.15, 0.2) is 0 Å². The molecular weight excluding hydrogens is 312 g/mol. The van der Waals surface area contributed by atoms with Gasteiger partial charge in [-0.3, -0.25) is 0 Å². The molecule has 5 rings (SSSR count). The van der Waals surface area contributed by atoms with Crippen LogP contribution < -0.4 is 0 Å². The lowest BCUT2D eigenvalue weighted by molar-refractivity contribution is 1.32. The van der Waals surface area contributed by atoms with Crippen LogP contribution in [-0.4, -0.2) is 0 Å². The third-order valence-corrected chi connectivity index (χ3v) is 5.43. The summed E-state index contributed by atoms with van der Waals surface area (Å²) in [7, 11) is 0. The standard InChI is InChI=1S/C26H20/c1-18-9-8-14-23-24(18)17-21-15-16-22(19-10-4-2-5-11-19)26(21)25(23)20-12-6-3-7-13-20/h2-14,16-17H,15H2,1H3. The van der Waals surface area contributed by atoms with Crippen LogP contribution in [0.2, 0.25) is 0 Å². The first-order valence-corrected chi connectivity index (χ1v) is 9.19. The van der Waals surface area contributed by atoms with Crippen molar-refractivity contribution in [3.63, 3.8) is 0 Å². The summed E-state index contributed by atoms with van der Waals surface area (Å²) in [4.78, 5) is 0. The second-order valence-corrected chi connectivity index (χ2v) is 7.01. The quantitative estimate of drug-likeness (QED) is 0.378. The molecule has 4 aromatic rings. The average molecular weight is 332 g/mol. The van der Waals surface area contributed by atoms with Crippen molar-refractivity contribution in [2.24, 2.45) is 0 Å². The van der Waals surface area contributed by atoms with Gasteiger partial charge >= 0.3 is 0 Å². The summed E-state index contributed by atoms with van der Waals surface area (Å²) in [6, 6.07) is 30.7. The first-order valence-electron chi connectivity index (χ1n) is 9.19. The molecule has 0 saturated heterocycles. The molecule has 0 saturated carbocycles. The number of hydrogen-bond donors (Lipinski definition) is 0. The molecular formula is C26H20. The van der Waals surface area contributed by atoms with Crippen LogP contribution in [0.25, 0.3) is 27.5 Å². The minimum absolute atomic E-state index is 1.00. The highest BCUT2D eigenvalue weighted by atomic mass is 14.3. The molecule has 0 heterocycles. The topological polar surface area (TPSA) is 0 Å². The van der Waals surface area contributed by atoms with Gasteiger partial charge in [-0.25, -0.2) is 0 Å². The fourth-order valence-electron chi connectivity index (χ4n) is 4.20. The Morgan fingerprint density at radius 1 is 0.615 bits per heavy atom. The Hall–Kier alpha value is -3.12. The fourth-order valence-corrected chi connectivity index (χ4v) is 4.20. The first kappa shape index (κ1) is 15.2. The van der Waals surface area contributed by atoms with E-state index >= 15 is 0 Å². The Bertz CT molecular complexity index is 1130. The van der Waals surface area contributed by atoms with Gasteiger partial charge in [0, 0.05) is 0 Å². The second kappa shape index (κ2) is 6.00. The highest BCUT2D eigenvalue weighted by Gasteiger charge is 2.23. The van der Waals surface area contributed by atoms with Crippen LogP contribution in [0.1, 0.15) is 22.3 Å². The lowest BCUT2D eigenvalue weighted by Gasteiger charge is -2.18. The molecule has 0 unspecified atom stereocenters. The fraction of sp³-hybridized carbons (Fsp3) is 0.0769. The van der Waals surface area contributed by atoms with Crippen LogP contribution in [0.4, 0.5) is 0 Å². The van der Waals surface area contributed by atoms with Crippen molar-refractivity contribution in [1.82, 2.24) is 0 Å². The average Bonchev–Trinajstić information content (AvgIpc) is 3.12. The Morgan fingerprint density at radius 3 is 2.04 bits per heavy atom. The zero-order chi connectivity index (χ0) is 17.5. The summed E-state index contributed by atoms with van der Waals surface area (Å²) in [6.45, 7) is 2.21. The molecule has 124 valence electrons. The monoisotopic (exact) mass is 332 g/mol. The van der Waals surface area contributed by atoms with Crippen LogP contribution in [0, 0.1) is 6.92 Å². The highest BCUT2D eigenvalue weighted by molar-refractivity contribution is 6.07. The number of allylic oxidation sites excluding steroid dienone is 1. The van der Waals surface area contributed by atoms with Gasteiger partial charge in [-0.2, -0.15) is 0 Å². The summed E-state index contributed by atoms with van der Waals surface area (Å²) < 4.78 is 0. The molecule has 0 fully saturated rings. The molecule has 0 spiro atoms. The van der Waals surface area contributed by atoms with Crippen molar-refractivity contribution in [2.45, 2.75) is 13.3 Å². The van der Waals surface area contributed by atoms with E-state index in [4.69, 9.17) is 0 Å². The van der Waals surface area contributed by atoms with Gasteiger partial charge in [-0.15, -0.1) is 0 Å². The van der Waals surface area contributed by atoms with Gasteiger partial charge in [0.2, 0.25) is 0 Å². The molecule has 1 aliphatic rings. The van der Waals surface area contributed by atoms with E-state index in [1.165, 1.54) is 49.7 Å². The summed E-state index contributed by atoms with van der Waals surface area (Å²) >= 11 is 0. The SMILES string of the molecule is Cc1cccc2c(-c3ccccc3)c3c(cc12)CC=C3c1ccccc1. The molecule has 4 aromatic carbocycles. The van der Waals surface area contributed by atoms with Crippen LogP contribution in [0.15, 0.2) is 91.0 Å². The normalized spacial score (nSPS) is 12.9. The molecule has 1 aliphatic carbocycles. The zero-order valence-electron chi connectivity index (χ0n) is 14.9. The lowest BCUT2D eigenvalue weighted by atomic mass is 9.86. The number of rotatable bonds is 2. The Kier molecular flexibility index (Phi) is 3.50. The van der Waals surface area contributed by atoms with Crippen LogP contribution in [-0.2, 0) is 6.42 Å². The molecule has 0 amide bonds. The molecule has 0 atom stereocenters. The van der Waals surface area contributed by atoms with E-state index in [0.29, 0.717) is 0 Å². The Morgan fingerprint density at radius 2 is 1.31 bits per heavy atom. The van der Waals surface area contributed by atoms with E-state index in [1.807, 2.05) is 0 Å². The van der Waals surface area contributed by atoms with E-state index in [9.17, 15) is 0 Å². The number of benzene rings is 4. The largest absolute Gasteiger partial charge is 0.0716 e. The molecule has 0 heteroatoms. The molecule has 0 radical (unpaired) electrons. The van der Waals surface area contributed by atoms with E-state index in [1.54, 1.807) is 0 Å². The number of aryl methyl sites for hydroxylation is 1. The van der Waals surface area contributed by atoms with Crippen molar-refractivity contribution < 1.29 is 0 Å². The van der Waals surface area contributed by atoms with Crippen molar-refractivity contribution in [1.29, 1.82) is 0 Å². The highest BCUT2D eigenvalue weighted by Crippen LogP contribution is 2.44. The van der Waals surface area contributed by atoms with Gasteiger partial charge in [-0.05, 0) is 69.1 Å². The molecule has 0 N–H and O–H groups in total. The third-order valence-electron chi connectivity index (χ3n) is 5.43. The maximum atomic E-state index is 2.40. The second-order valence-electron chi connectivity index (χ2n) is 7.01. The molecule has 0 aromatic heterocycles. The number of fused-ring (bicyclic) bond motifs is 2. The van der Waals surface area contributed by atoms with Crippen LogP contribution in [0.5, 0.6) is 0 Å². The van der Waals surface area contributed by atoms with E-state index in [0.717, 1.165) is 6.42 Å².